The van der Waals surface area contributed by atoms with E-state index in [0.717, 1.165) is 11.4 Å². The van der Waals surface area contributed by atoms with E-state index < -0.39 is 0 Å². The summed E-state index contributed by atoms with van der Waals surface area (Å²) in [7, 11) is 4.00. The van der Waals surface area contributed by atoms with Gasteiger partial charge in [-0.25, -0.2) is 4.99 Å². The molecule has 0 amide bonds. The maximum Gasteiger partial charge on any atom is 0.0952 e. The summed E-state index contributed by atoms with van der Waals surface area (Å²) in [5, 5.41) is 0. The lowest BCUT2D eigenvalue weighted by atomic mass is 10.3. The van der Waals surface area contributed by atoms with Crippen molar-refractivity contribution in [3.05, 3.63) is 35.3 Å². The Labute approximate surface area is 104 Å². The highest BCUT2D eigenvalue weighted by Crippen LogP contribution is 2.18. The van der Waals surface area contributed by atoms with Crippen molar-refractivity contribution in [1.82, 2.24) is 0 Å². The summed E-state index contributed by atoms with van der Waals surface area (Å²) in [5.74, 6) is 0. The Morgan fingerprint density at radius 3 is 2.94 bits per heavy atom. The number of halogens is 1. The third-order valence-electron chi connectivity index (χ3n) is 1.88. The molecule has 16 heavy (non-hydrogen) atoms. The Bertz CT molecular complexity index is 418. The molecular weight excluding hydrogens is 266 g/mol. The molecular formula is C12H14BrN3. The molecule has 84 valence electrons. The number of rotatable bonds is 4. The van der Waals surface area contributed by atoms with Gasteiger partial charge in [-0.2, -0.15) is 4.99 Å². The molecule has 0 aliphatic carbocycles. The molecule has 0 aromatic heterocycles. The largest absolute Gasteiger partial charge is 0.378 e. The van der Waals surface area contributed by atoms with Crippen LogP contribution in [0.2, 0.25) is 0 Å². The van der Waals surface area contributed by atoms with E-state index in [0.29, 0.717) is 6.54 Å². The van der Waals surface area contributed by atoms with Crippen LogP contribution in [-0.4, -0.2) is 26.6 Å². The van der Waals surface area contributed by atoms with Crippen molar-refractivity contribution >= 4 is 33.3 Å². The molecule has 0 aliphatic rings. The highest BCUT2D eigenvalue weighted by atomic mass is 79.9. The number of nitrogens with zero attached hydrogens (tertiary/aromatic N) is 3. The van der Waals surface area contributed by atoms with Crippen molar-refractivity contribution < 1.29 is 0 Å². The zero-order valence-corrected chi connectivity index (χ0v) is 11.0. The Morgan fingerprint density at radius 1 is 1.44 bits per heavy atom. The van der Waals surface area contributed by atoms with Crippen LogP contribution in [0.25, 0.3) is 0 Å². The van der Waals surface area contributed by atoms with Crippen LogP contribution >= 0.6 is 15.9 Å². The van der Waals surface area contributed by atoms with Gasteiger partial charge in [-0.05, 0) is 23.2 Å². The molecule has 0 spiro atoms. The van der Waals surface area contributed by atoms with Gasteiger partial charge in [-0.1, -0.05) is 28.1 Å². The topological polar surface area (TPSA) is 28.0 Å². The highest BCUT2D eigenvalue weighted by molar-refractivity contribution is 9.11. The second kappa shape index (κ2) is 6.99. The van der Waals surface area contributed by atoms with Crippen molar-refractivity contribution in [2.75, 3.05) is 25.5 Å². The van der Waals surface area contributed by atoms with Crippen molar-refractivity contribution in [3.8, 4) is 0 Å². The minimum Gasteiger partial charge on any atom is -0.378 e. The maximum absolute atomic E-state index is 4.13. The molecule has 0 bridgehead atoms. The molecule has 0 aliphatic heterocycles. The molecule has 0 N–H and O–H groups in total. The van der Waals surface area contributed by atoms with E-state index in [4.69, 9.17) is 0 Å². The van der Waals surface area contributed by atoms with Crippen LogP contribution in [0.5, 0.6) is 0 Å². The van der Waals surface area contributed by atoms with Gasteiger partial charge >= 0.3 is 0 Å². The van der Waals surface area contributed by atoms with Crippen molar-refractivity contribution in [1.29, 1.82) is 0 Å². The predicted octanol–water partition coefficient (Wildman–Crippen LogP) is 3.47. The van der Waals surface area contributed by atoms with Crippen molar-refractivity contribution in [3.63, 3.8) is 0 Å². The van der Waals surface area contributed by atoms with Gasteiger partial charge in [0, 0.05) is 19.8 Å². The SMILES string of the molecule is CN(C)c1cccc(N=C=NCC=CBr)c1. The van der Waals surface area contributed by atoms with Crippen LogP contribution in [0.15, 0.2) is 45.3 Å². The summed E-state index contributed by atoms with van der Waals surface area (Å²) in [5.41, 5.74) is 1.97. The minimum atomic E-state index is 0.585. The molecule has 0 atom stereocenters. The number of hydrogen-bond donors (Lipinski definition) is 0. The summed E-state index contributed by atoms with van der Waals surface area (Å²) in [6.45, 7) is 0.585. The molecule has 0 radical (unpaired) electrons. The lowest BCUT2D eigenvalue weighted by Crippen LogP contribution is -2.07. The van der Waals surface area contributed by atoms with Crippen molar-refractivity contribution in [2.24, 2.45) is 9.98 Å². The minimum absolute atomic E-state index is 0.585. The van der Waals surface area contributed by atoms with E-state index in [2.05, 4.69) is 31.9 Å². The molecule has 0 unspecified atom stereocenters. The summed E-state index contributed by atoms with van der Waals surface area (Å²) in [6, 6.07) is 10.6. The smallest absolute Gasteiger partial charge is 0.0952 e. The average molecular weight is 280 g/mol. The van der Waals surface area contributed by atoms with E-state index in [1.54, 1.807) is 4.99 Å². The van der Waals surface area contributed by atoms with Crippen LogP contribution in [0.3, 0.4) is 0 Å². The van der Waals surface area contributed by atoms with E-state index >= 15 is 0 Å². The molecule has 0 heterocycles. The van der Waals surface area contributed by atoms with Gasteiger partial charge in [0.15, 0.2) is 0 Å². The maximum atomic E-state index is 4.13. The van der Waals surface area contributed by atoms with Gasteiger partial charge in [0.1, 0.15) is 0 Å². The summed E-state index contributed by atoms with van der Waals surface area (Å²) in [6.07, 6.45) is 1.87. The molecule has 1 aromatic rings. The summed E-state index contributed by atoms with van der Waals surface area (Å²) < 4.78 is 0. The van der Waals surface area contributed by atoms with E-state index in [1.165, 1.54) is 0 Å². The molecule has 4 heteroatoms. The monoisotopic (exact) mass is 279 g/mol. The molecule has 1 aromatic carbocycles. The van der Waals surface area contributed by atoms with Crippen LogP contribution in [0.4, 0.5) is 11.4 Å². The van der Waals surface area contributed by atoms with E-state index in [-0.39, 0.29) is 0 Å². The van der Waals surface area contributed by atoms with Gasteiger partial charge in [-0.3, -0.25) is 0 Å². The fraction of sp³-hybridized carbons (Fsp3) is 0.250. The number of benzene rings is 1. The highest BCUT2D eigenvalue weighted by Gasteiger charge is 1.94. The van der Waals surface area contributed by atoms with Crippen LogP contribution in [0.1, 0.15) is 0 Å². The predicted molar refractivity (Wildman–Crippen MR) is 73.2 cm³/mol. The molecule has 0 saturated carbocycles. The lowest BCUT2D eigenvalue weighted by molar-refractivity contribution is 1.13. The lowest BCUT2D eigenvalue weighted by Gasteiger charge is -2.11. The first-order chi connectivity index (χ1) is 7.74. The second-order valence-corrected chi connectivity index (χ2v) is 3.86. The van der Waals surface area contributed by atoms with Gasteiger partial charge in [0.05, 0.1) is 18.2 Å². The quantitative estimate of drug-likeness (QED) is 0.776. The number of hydrogen-bond acceptors (Lipinski definition) is 3. The number of anilines is 1. The van der Waals surface area contributed by atoms with E-state index in [9.17, 15) is 0 Å². The van der Waals surface area contributed by atoms with Crippen LogP contribution in [0, 0.1) is 0 Å². The molecule has 0 saturated heterocycles. The van der Waals surface area contributed by atoms with Crippen LogP contribution in [-0.2, 0) is 0 Å². The zero-order valence-electron chi connectivity index (χ0n) is 9.39. The van der Waals surface area contributed by atoms with E-state index in [1.807, 2.05) is 49.3 Å². The van der Waals surface area contributed by atoms with Crippen LogP contribution < -0.4 is 4.90 Å². The molecule has 3 nitrogen and oxygen atoms in total. The average Bonchev–Trinajstić information content (AvgIpc) is 2.29. The first kappa shape index (κ1) is 12.7. The Balaban J connectivity index is 2.73. The molecule has 0 fully saturated rings. The third-order valence-corrected chi connectivity index (χ3v) is 2.26. The van der Waals surface area contributed by atoms with Gasteiger partial charge in [0.25, 0.3) is 0 Å². The first-order valence-electron chi connectivity index (χ1n) is 4.89. The summed E-state index contributed by atoms with van der Waals surface area (Å²) >= 11 is 3.17. The number of aliphatic imine (C=N–C) groups is 2. The first-order valence-corrected chi connectivity index (χ1v) is 5.80. The van der Waals surface area contributed by atoms with Gasteiger partial charge < -0.3 is 4.90 Å². The summed E-state index contributed by atoms with van der Waals surface area (Å²) in [4.78, 5) is 11.9. The fourth-order valence-electron chi connectivity index (χ4n) is 1.07. The standard InChI is InChI=1S/C12H14BrN3/c1-16(2)12-6-3-5-11(9-12)15-10-14-8-4-7-13/h3-7,9H,8H2,1-2H3. The van der Waals surface area contributed by atoms with Gasteiger partial charge in [0.2, 0.25) is 0 Å². The Kier molecular flexibility index (Phi) is 5.54. The zero-order chi connectivity index (χ0) is 11.8. The Hall–Kier alpha value is -1.38. The van der Waals surface area contributed by atoms with Crippen molar-refractivity contribution in [2.45, 2.75) is 0 Å². The molecule has 1 rings (SSSR count). The fourth-order valence-corrected chi connectivity index (χ4v) is 1.23. The Morgan fingerprint density at radius 2 is 2.25 bits per heavy atom. The second-order valence-electron chi connectivity index (χ2n) is 3.33. The van der Waals surface area contributed by atoms with Gasteiger partial charge in [-0.15, -0.1) is 0 Å². The normalized spacial score (nSPS) is 9.94. The third kappa shape index (κ3) is 4.43.